The van der Waals surface area contributed by atoms with Crippen molar-refractivity contribution in [3.8, 4) is 5.75 Å². The van der Waals surface area contributed by atoms with Gasteiger partial charge in [-0.3, -0.25) is 0 Å². The highest BCUT2D eigenvalue weighted by Gasteiger charge is 2.42. The van der Waals surface area contributed by atoms with Crippen LogP contribution in [0, 0.1) is 23.6 Å². The predicted octanol–water partition coefficient (Wildman–Crippen LogP) is 3.61. The molecule has 0 amide bonds. The van der Waals surface area contributed by atoms with Gasteiger partial charge in [0.15, 0.2) is 0 Å². The predicted molar refractivity (Wildman–Crippen MR) is 78.3 cm³/mol. The molecule has 3 rings (SSSR count). The fraction of sp³-hybridized carbons (Fsp3) is 0.647. The van der Waals surface area contributed by atoms with E-state index in [9.17, 15) is 9.50 Å². The molecule has 0 radical (unpaired) electrons. The van der Waals surface area contributed by atoms with Crippen molar-refractivity contribution in [3.05, 3.63) is 29.6 Å². The van der Waals surface area contributed by atoms with Gasteiger partial charge in [0, 0.05) is 12.6 Å². The van der Waals surface area contributed by atoms with Crippen LogP contribution in [0.4, 0.5) is 4.39 Å². The lowest BCUT2D eigenvalue weighted by atomic mass is 9.69. The molecule has 110 valence electrons. The second kappa shape index (κ2) is 5.36. The van der Waals surface area contributed by atoms with Gasteiger partial charge in [-0.1, -0.05) is 6.42 Å². The second-order valence-electron chi connectivity index (χ2n) is 6.95. The van der Waals surface area contributed by atoms with Gasteiger partial charge in [-0.05, 0) is 74.7 Å². The van der Waals surface area contributed by atoms with E-state index < -0.39 is 0 Å². The minimum Gasteiger partial charge on any atom is -0.508 e. The molecule has 2 aliphatic carbocycles. The molecule has 0 aromatic heterocycles. The van der Waals surface area contributed by atoms with Crippen LogP contribution in [0.1, 0.15) is 37.2 Å². The number of hydrogen-bond acceptors (Lipinski definition) is 2. The van der Waals surface area contributed by atoms with Crippen LogP contribution in [-0.4, -0.2) is 30.6 Å². The molecule has 2 bridgehead atoms. The first-order chi connectivity index (χ1) is 9.52. The summed E-state index contributed by atoms with van der Waals surface area (Å²) in [7, 11) is 4.22. The molecule has 0 aliphatic heterocycles. The Balaban J connectivity index is 1.91. The molecule has 4 atom stereocenters. The summed E-state index contributed by atoms with van der Waals surface area (Å²) < 4.78 is 13.6. The third-order valence-electron chi connectivity index (χ3n) is 5.20. The SMILES string of the molecule is CN(C)CC1C2CCC(C2)CC1c1cc(O)cc(F)c1. The van der Waals surface area contributed by atoms with Crippen molar-refractivity contribution in [1.82, 2.24) is 4.90 Å². The van der Waals surface area contributed by atoms with Crippen LogP contribution in [0.25, 0.3) is 0 Å². The third kappa shape index (κ3) is 2.69. The smallest absolute Gasteiger partial charge is 0.127 e. The largest absolute Gasteiger partial charge is 0.508 e. The average Bonchev–Trinajstić information content (AvgIpc) is 2.74. The number of aromatic hydroxyl groups is 1. The van der Waals surface area contributed by atoms with Gasteiger partial charge in [-0.15, -0.1) is 0 Å². The minimum atomic E-state index is -0.318. The maximum Gasteiger partial charge on any atom is 0.127 e. The van der Waals surface area contributed by atoms with Gasteiger partial charge in [-0.2, -0.15) is 0 Å². The Morgan fingerprint density at radius 1 is 1.20 bits per heavy atom. The van der Waals surface area contributed by atoms with Crippen molar-refractivity contribution in [2.45, 2.75) is 31.6 Å². The van der Waals surface area contributed by atoms with E-state index in [0.29, 0.717) is 11.8 Å². The first-order valence-electron chi connectivity index (χ1n) is 7.67. The van der Waals surface area contributed by atoms with E-state index in [0.717, 1.165) is 30.4 Å². The Kier molecular flexibility index (Phi) is 3.72. The number of phenols is 1. The molecule has 2 aliphatic rings. The summed E-state index contributed by atoms with van der Waals surface area (Å²) in [6, 6.07) is 4.58. The van der Waals surface area contributed by atoms with Crippen LogP contribution < -0.4 is 0 Å². The number of benzene rings is 1. The zero-order chi connectivity index (χ0) is 14.3. The van der Waals surface area contributed by atoms with E-state index >= 15 is 0 Å². The van der Waals surface area contributed by atoms with Gasteiger partial charge < -0.3 is 10.0 Å². The third-order valence-corrected chi connectivity index (χ3v) is 5.20. The van der Waals surface area contributed by atoms with Crippen molar-refractivity contribution in [1.29, 1.82) is 0 Å². The maximum atomic E-state index is 13.6. The Hall–Kier alpha value is -1.09. The Labute approximate surface area is 120 Å². The summed E-state index contributed by atoms with van der Waals surface area (Å²) in [5, 5.41) is 9.69. The fourth-order valence-electron chi connectivity index (χ4n) is 4.47. The van der Waals surface area contributed by atoms with Crippen LogP contribution >= 0.6 is 0 Å². The molecule has 2 saturated carbocycles. The highest BCUT2D eigenvalue weighted by molar-refractivity contribution is 5.32. The molecule has 2 fully saturated rings. The number of hydrogen-bond donors (Lipinski definition) is 1. The summed E-state index contributed by atoms with van der Waals surface area (Å²) in [5.41, 5.74) is 0.992. The molecular formula is C17H24FNO. The van der Waals surface area contributed by atoms with Crippen molar-refractivity contribution in [3.63, 3.8) is 0 Å². The van der Waals surface area contributed by atoms with E-state index in [-0.39, 0.29) is 11.6 Å². The van der Waals surface area contributed by atoms with Gasteiger partial charge >= 0.3 is 0 Å². The van der Waals surface area contributed by atoms with E-state index in [2.05, 4.69) is 19.0 Å². The molecule has 2 nitrogen and oxygen atoms in total. The zero-order valence-corrected chi connectivity index (χ0v) is 12.3. The van der Waals surface area contributed by atoms with E-state index in [4.69, 9.17) is 0 Å². The van der Waals surface area contributed by atoms with Gasteiger partial charge in [0.05, 0.1) is 0 Å². The van der Waals surface area contributed by atoms with Gasteiger partial charge in [0.2, 0.25) is 0 Å². The van der Waals surface area contributed by atoms with Crippen molar-refractivity contribution < 1.29 is 9.50 Å². The number of phenolic OH excluding ortho intramolecular Hbond substituents is 1. The Morgan fingerprint density at radius 2 is 2.00 bits per heavy atom. The number of nitrogens with zero attached hydrogens (tertiary/aromatic N) is 1. The Bertz CT molecular complexity index is 468. The molecule has 3 heteroatoms. The summed E-state index contributed by atoms with van der Waals surface area (Å²) in [6.07, 6.45) is 5.14. The van der Waals surface area contributed by atoms with Crippen molar-refractivity contribution >= 4 is 0 Å². The van der Waals surface area contributed by atoms with Crippen LogP contribution in [-0.2, 0) is 0 Å². The minimum absolute atomic E-state index is 0.0570. The van der Waals surface area contributed by atoms with Gasteiger partial charge in [0.1, 0.15) is 11.6 Å². The molecule has 1 aromatic rings. The fourth-order valence-corrected chi connectivity index (χ4v) is 4.47. The summed E-state index contributed by atoms with van der Waals surface area (Å²) in [6.45, 7) is 1.05. The standard InChI is InChI=1S/C17H24FNO/c1-19(2)10-17-12-4-3-11(5-12)6-16(17)13-7-14(18)9-15(20)8-13/h7-9,11-12,16-17,20H,3-6,10H2,1-2H3. The van der Waals surface area contributed by atoms with Crippen LogP contribution in [0.3, 0.4) is 0 Å². The second-order valence-corrected chi connectivity index (χ2v) is 6.95. The summed E-state index contributed by atoms with van der Waals surface area (Å²) in [4.78, 5) is 2.25. The Morgan fingerprint density at radius 3 is 2.70 bits per heavy atom. The van der Waals surface area contributed by atoms with Crippen molar-refractivity contribution in [2.24, 2.45) is 17.8 Å². The highest BCUT2D eigenvalue weighted by atomic mass is 19.1. The molecular weight excluding hydrogens is 253 g/mol. The lowest BCUT2D eigenvalue weighted by molar-refractivity contribution is 0.164. The number of halogens is 1. The molecule has 20 heavy (non-hydrogen) atoms. The topological polar surface area (TPSA) is 23.5 Å². The van der Waals surface area contributed by atoms with E-state index in [1.54, 1.807) is 12.1 Å². The molecule has 1 aromatic carbocycles. The van der Waals surface area contributed by atoms with Crippen LogP contribution in [0.2, 0.25) is 0 Å². The van der Waals surface area contributed by atoms with Gasteiger partial charge in [-0.25, -0.2) is 4.39 Å². The number of fused-ring (bicyclic) bond motifs is 2. The summed E-state index contributed by atoms with van der Waals surface area (Å²) in [5.74, 6) is 2.29. The average molecular weight is 277 g/mol. The first-order valence-corrected chi connectivity index (χ1v) is 7.67. The molecule has 1 N–H and O–H groups in total. The normalized spacial score (nSPS) is 32.8. The van der Waals surface area contributed by atoms with E-state index in [1.165, 1.54) is 25.3 Å². The van der Waals surface area contributed by atoms with E-state index in [1.807, 2.05) is 0 Å². The quantitative estimate of drug-likeness (QED) is 0.912. The maximum absolute atomic E-state index is 13.6. The zero-order valence-electron chi connectivity index (χ0n) is 12.3. The lowest BCUT2D eigenvalue weighted by Gasteiger charge is -2.38. The lowest BCUT2D eigenvalue weighted by Crippen LogP contribution is -2.34. The first kappa shape index (κ1) is 13.9. The molecule has 0 heterocycles. The molecule has 0 saturated heterocycles. The van der Waals surface area contributed by atoms with Crippen LogP contribution in [0.15, 0.2) is 18.2 Å². The summed E-state index contributed by atoms with van der Waals surface area (Å²) >= 11 is 0. The monoisotopic (exact) mass is 277 g/mol. The number of rotatable bonds is 3. The molecule has 0 spiro atoms. The van der Waals surface area contributed by atoms with Crippen LogP contribution in [0.5, 0.6) is 5.75 Å². The van der Waals surface area contributed by atoms with Gasteiger partial charge in [0.25, 0.3) is 0 Å². The molecule has 4 unspecified atom stereocenters. The highest BCUT2D eigenvalue weighted by Crippen LogP contribution is 2.52. The van der Waals surface area contributed by atoms with Crippen molar-refractivity contribution in [2.75, 3.05) is 20.6 Å².